The molecular weight excluding hydrogens is 352 g/mol. The molecule has 1 aliphatic heterocycles. The van der Waals surface area contributed by atoms with Gasteiger partial charge in [-0.3, -0.25) is 4.90 Å². The Kier molecular flexibility index (Phi) is 3.56. The first kappa shape index (κ1) is 16.6. The lowest BCUT2D eigenvalue weighted by Crippen LogP contribution is -2.63. The first-order valence-corrected chi connectivity index (χ1v) is 11.5. The normalized spacial score (nSPS) is 32.3. The maximum atomic E-state index is 10.3. The van der Waals surface area contributed by atoms with Crippen LogP contribution in [0.4, 0.5) is 0 Å². The Balaban J connectivity index is 1.46. The summed E-state index contributed by atoms with van der Waals surface area (Å²) in [4.78, 5) is 9.30. The molecule has 0 unspecified atom stereocenters. The molecule has 1 saturated heterocycles. The standard InChI is InChI=1S/C23H28N2OS/c1-14-24-20-12-23-7-8-25(13-15-3-2-4-15)21(19(23)11-22(20)27-14)9-16-5-6-17(26)10-18(16)23/h5-6,10,15,19,21,26H,2-4,7-9,11-13H2,1H3/t19-,21-,23-/m0/s1. The van der Waals surface area contributed by atoms with Crippen LogP contribution in [0.25, 0.3) is 0 Å². The first-order valence-electron chi connectivity index (χ1n) is 10.6. The molecule has 1 N–H and O–H groups in total. The molecule has 4 heteroatoms. The number of benzene rings is 1. The van der Waals surface area contributed by atoms with Crippen molar-refractivity contribution in [3.05, 3.63) is 44.9 Å². The SMILES string of the molecule is Cc1nc2c(s1)C[C@H]1[C@@H]3Cc4ccc(O)cc4[C@]1(CCN3CC1CCC1)C2. The minimum Gasteiger partial charge on any atom is -0.508 e. The molecule has 1 saturated carbocycles. The van der Waals surface area contributed by atoms with Gasteiger partial charge in [0.05, 0.1) is 10.7 Å². The van der Waals surface area contributed by atoms with Gasteiger partial charge < -0.3 is 5.11 Å². The molecule has 0 spiro atoms. The van der Waals surface area contributed by atoms with Gasteiger partial charge >= 0.3 is 0 Å². The van der Waals surface area contributed by atoms with Gasteiger partial charge in [0, 0.05) is 29.3 Å². The lowest BCUT2D eigenvalue weighted by Gasteiger charge is -2.59. The summed E-state index contributed by atoms with van der Waals surface area (Å²) in [6.07, 6.45) is 8.92. The largest absolute Gasteiger partial charge is 0.508 e. The molecule has 0 amide bonds. The van der Waals surface area contributed by atoms with Crippen molar-refractivity contribution in [1.82, 2.24) is 9.88 Å². The van der Waals surface area contributed by atoms with E-state index in [0.717, 1.165) is 18.8 Å². The van der Waals surface area contributed by atoms with Crippen LogP contribution in [0.5, 0.6) is 5.75 Å². The van der Waals surface area contributed by atoms with Gasteiger partial charge in [-0.05, 0) is 80.7 Å². The molecule has 1 aromatic carbocycles. The van der Waals surface area contributed by atoms with Crippen LogP contribution in [-0.2, 0) is 24.7 Å². The van der Waals surface area contributed by atoms with Crippen LogP contribution in [0, 0.1) is 18.8 Å². The Bertz CT molecular complexity index is 902. The number of hydrogen-bond acceptors (Lipinski definition) is 4. The predicted molar refractivity (Wildman–Crippen MR) is 109 cm³/mol. The number of phenolic OH excluding ortho intramolecular Hbond substituents is 1. The van der Waals surface area contributed by atoms with Crippen LogP contribution in [0.3, 0.4) is 0 Å². The second-order valence-electron chi connectivity index (χ2n) is 9.40. The number of hydrogen-bond donors (Lipinski definition) is 1. The summed E-state index contributed by atoms with van der Waals surface area (Å²) in [5.41, 5.74) is 4.43. The molecule has 2 heterocycles. The third-order valence-corrected chi connectivity index (χ3v) is 9.07. The van der Waals surface area contributed by atoms with Gasteiger partial charge in [0.2, 0.25) is 0 Å². The molecule has 3 nitrogen and oxygen atoms in total. The van der Waals surface area contributed by atoms with E-state index in [4.69, 9.17) is 4.98 Å². The zero-order valence-corrected chi connectivity index (χ0v) is 16.9. The number of likely N-dealkylation sites (tertiary alicyclic amines) is 1. The van der Waals surface area contributed by atoms with Gasteiger partial charge in [0.1, 0.15) is 5.75 Å². The summed E-state index contributed by atoms with van der Waals surface area (Å²) in [7, 11) is 0. The lowest BCUT2D eigenvalue weighted by molar-refractivity contribution is -0.00750. The molecule has 0 radical (unpaired) electrons. The van der Waals surface area contributed by atoms with Gasteiger partial charge in [-0.15, -0.1) is 11.3 Å². The quantitative estimate of drug-likeness (QED) is 0.847. The van der Waals surface area contributed by atoms with E-state index in [1.165, 1.54) is 71.9 Å². The van der Waals surface area contributed by atoms with Crippen molar-refractivity contribution >= 4 is 11.3 Å². The summed E-state index contributed by atoms with van der Waals surface area (Å²) in [6, 6.07) is 6.84. The summed E-state index contributed by atoms with van der Waals surface area (Å²) >= 11 is 1.92. The highest BCUT2D eigenvalue weighted by Crippen LogP contribution is 2.55. The van der Waals surface area contributed by atoms with Crippen LogP contribution in [-0.4, -0.2) is 34.1 Å². The van der Waals surface area contributed by atoms with E-state index in [-0.39, 0.29) is 5.41 Å². The zero-order valence-electron chi connectivity index (χ0n) is 16.1. The fourth-order valence-corrected chi connectivity index (χ4v) is 7.55. The number of aromatic hydroxyl groups is 1. The minimum absolute atomic E-state index is 0.181. The molecule has 3 atom stereocenters. The summed E-state index contributed by atoms with van der Waals surface area (Å²) < 4.78 is 0. The van der Waals surface area contributed by atoms with Crippen molar-refractivity contribution in [2.24, 2.45) is 11.8 Å². The number of thiazole rings is 1. The van der Waals surface area contributed by atoms with Crippen LogP contribution in [0.1, 0.15) is 52.4 Å². The van der Waals surface area contributed by atoms with Crippen LogP contribution in [0.2, 0.25) is 0 Å². The maximum Gasteiger partial charge on any atom is 0.115 e. The van der Waals surface area contributed by atoms with Gasteiger partial charge in [0.25, 0.3) is 0 Å². The monoisotopic (exact) mass is 380 g/mol. The third kappa shape index (κ3) is 2.39. The van der Waals surface area contributed by atoms with E-state index in [0.29, 0.717) is 17.7 Å². The van der Waals surface area contributed by atoms with E-state index in [2.05, 4.69) is 24.0 Å². The van der Waals surface area contributed by atoms with E-state index < -0.39 is 0 Å². The van der Waals surface area contributed by atoms with Gasteiger partial charge in [0.15, 0.2) is 0 Å². The third-order valence-electron chi connectivity index (χ3n) is 8.04. The molecule has 2 fully saturated rings. The van der Waals surface area contributed by atoms with E-state index in [1.807, 2.05) is 17.4 Å². The number of fused-ring (bicyclic) bond motifs is 2. The molecule has 142 valence electrons. The Hall–Kier alpha value is -1.39. The highest BCUT2D eigenvalue weighted by molar-refractivity contribution is 7.11. The molecule has 4 aliphatic rings. The van der Waals surface area contributed by atoms with Crippen molar-refractivity contribution in [3.8, 4) is 5.75 Å². The highest BCUT2D eigenvalue weighted by Gasteiger charge is 2.55. The van der Waals surface area contributed by atoms with E-state index in [1.54, 1.807) is 0 Å². The summed E-state index contributed by atoms with van der Waals surface area (Å²) in [5, 5.41) is 11.5. The Labute approximate surface area is 165 Å². The fraction of sp³-hybridized carbons (Fsp3) is 0.609. The molecular formula is C23H28N2OS. The number of aryl methyl sites for hydroxylation is 1. The second-order valence-corrected chi connectivity index (χ2v) is 10.7. The van der Waals surface area contributed by atoms with Crippen LogP contribution >= 0.6 is 11.3 Å². The van der Waals surface area contributed by atoms with Crippen LogP contribution < -0.4 is 0 Å². The average molecular weight is 381 g/mol. The second kappa shape index (κ2) is 5.81. The van der Waals surface area contributed by atoms with E-state index in [9.17, 15) is 5.11 Å². The first-order chi connectivity index (χ1) is 13.1. The highest BCUT2D eigenvalue weighted by atomic mass is 32.1. The number of nitrogens with zero attached hydrogens (tertiary/aromatic N) is 2. The molecule has 3 aliphatic carbocycles. The summed E-state index contributed by atoms with van der Waals surface area (Å²) in [5.74, 6) is 2.04. The molecule has 27 heavy (non-hydrogen) atoms. The Morgan fingerprint density at radius 1 is 1.30 bits per heavy atom. The Morgan fingerprint density at radius 3 is 3.00 bits per heavy atom. The number of aromatic nitrogens is 1. The lowest BCUT2D eigenvalue weighted by atomic mass is 9.52. The molecule has 2 bridgehead atoms. The number of piperidine rings is 1. The van der Waals surface area contributed by atoms with Crippen molar-refractivity contribution in [3.63, 3.8) is 0 Å². The zero-order chi connectivity index (χ0) is 18.2. The fourth-order valence-electron chi connectivity index (χ4n) is 6.54. The van der Waals surface area contributed by atoms with Gasteiger partial charge in [-0.25, -0.2) is 4.98 Å². The smallest absolute Gasteiger partial charge is 0.115 e. The minimum atomic E-state index is 0.181. The average Bonchev–Trinajstić information content (AvgIpc) is 2.96. The topological polar surface area (TPSA) is 36.4 Å². The van der Waals surface area contributed by atoms with Gasteiger partial charge in [-0.2, -0.15) is 0 Å². The maximum absolute atomic E-state index is 10.3. The van der Waals surface area contributed by atoms with Crippen molar-refractivity contribution in [2.75, 3.05) is 13.1 Å². The van der Waals surface area contributed by atoms with Crippen molar-refractivity contribution < 1.29 is 5.11 Å². The number of rotatable bonds is 2. The number of phenols is 1. The Morgan fingerprint density at radius 2 is 2.19 bits per heavy atom. The summed E-state index contributed by atoms with van der Waals surface area (Å²) in [6.45, 7) is 4.67. The van der Waals surface area contributed by atoms with Crippen molar-refractivity contribution in [2.45, 2.75) is 63.3 Å². The predicted octanol–water partition coefficient (Wildman–Crippen LogP) is 4.24. The van der Waals surface area contributed by atoms with Gasteiger partial charge in [-0.1, -0.05) is 12.5 Å². The van der Waals surface area contributed by atoms with Crippen molar-refractivity contribution in [1.29, 1.82) is 0 Å². The molecule has 1 aromatic heterocycles. The molecule has 6 rings (SSSR count). The van der Waals surface area contributed by atoms with Crippen LogP contribution in [0.15, 0.2) is 18.2 Å². The van der Waals surface area contributed by atoms with E-state index >= 15 is 0 Å². The molecule has 2 aromatic rings.